The molecule has 0 radical (unpaired) electrons. The van der Waals surface area contributed by atoms with Crippen LogP contribution in [0.5, 0.6) is 0 Å². The highest BCUT2D eigenvalue weighted by atomic mass is 16.2. The Morgan fingerprint density at radius 2 is 2.15 bits per heavy atom. The molecule has 1 saturated heterocycles. The zero-order valence-electron chi connectivity index (χ0n) is 18.6. The normalized spacial score (nSPS) is 16.3. The van der Waals surface area contributed by atoms with Crippen molar-refractivity contribution in [2.75, 3.05) is 18.4 Å². The van der Waals surface area contributed by atoms with Gasteiger partial charge in [-0.15, -0.1) is 10.2 Å². The maximum absolute atomic E-state index is 12.8. The number of aryl methyl sites for hydroxylation is 1. The highest BCUT2D eigenvalue weighted by Gasteiger charge is 2.27. The lowest BCUT2D eigenvalue weighted by molar-refractivity contribution is 0.0789. The predicted molar refractivity (Wildman–Crippen MR) is 121 cm³/mol. The molecule has 0 spiro atoms. The van der Waals surface area contributed by atoms with Gasteiger partial charge in [-0.1, -0.05) is 19.1 Å². The van der Waals surface area contributed by atoms with Gasteiger partial charge in [0.25, 0.3) is 11.8 Å². The molecule has 0 unspecified atom stereocenters. The molecule has 3 heterocycles. The van der Waals surface area contributed by atoms with Gasteiger partial charge in [-0.3, -0.25) is 14.6 Å². The van der Waals surface area contributed by atoms with Crippen LogP contribution in [0.2, 0.25) is 0 Å². The summed E-state index contributed by atoms with van der Waals surface area (Å²) in [7, 11) is 1.91. The van der Waals surface area contributed by atoms with Crippen molar-refractivity contribution in [3.63, 3.8) is 0 Å². The van der Waals surface area contributed by atoms with Crippen LogP contribution < -0.4 is 5.32 Å². The molecule has 9 nitrogen and oxygen atoms in total. The number of pyridine rings is 1. The minimum Gasteiger partial charge on any atom is -0.337 e. The second-order valence-electron chi connectivity index (χ2n) is 8.34. The fraction of sp³-hybridized carbons (Fsp3) is 0.333. The molecule has 0 saturated carbocycles. The Morgan fingerprint density at radius 1 is 1.30 bits per heavy atom. The first-order valence-corrected chi connectivity index (χ1v) is 10.8. The van der Waals surface area contributed by atoms with Crippen LogP contribution in [0.4, 0.5) is 5.69 Å². The van der Waals surface area contributed by atoms with Crippen LogP contribution >= 0.6 is 0 Å². The third kappa shape index (κ3) is 5.06. The van der Waals surface area contributed by atoms with Crippen molar-refractivity contribution in [1.29, 1.82) is 5.26 Å². The number of carbonyl (C=O) groups is 2. The van der Waals surface area contributed by atoms with Crippen molar-refractivity contribution >= 4 is 17.5 Å². The number of rotatable bonds is 6. The SMILES string of the molecule is C[C@H](Cc1nncn1C)c1cccc(NC(=O)c2cc(C(=O)N3CC[C@H](C#N)C3)ccn2)c1. The minimum atomic E-state index is -0.390. The van der Waals surface area contributed by atoms with Crippen LogP contribution in [0.15, 0.2) is 48.9 Å². The Kier molecular flexibility index (Phi) is 6.45. The Morgan fingerprint density at radius 3 is 2.88 bits per heavy atom. The van der Waals surface area contributed by atoms with E-state index in [1.807, 2.05) is 35.9 Å². The molecular formula is C24H25N7O2. The molecule has 4 rings (SSSR count). The standard InChI is InChI=1S/C24H25N7O2/c1-16(10-22-29-27-15-30(22)2)18-4-3-5-20(11-18)28-23(32)21-12-19(6-8-26-21)24(33)31-9-7-17(13-25)14-31/h3-6,8,11-12,15-17H,7,9-10,14H2,1-2H3,(H,28,32)/t16-,17-/m1/s1. The molecule has 0 aliphatic carbocycles. The maximum atomic E-state index is 12.8. The molecule has 0 bridgehead atoms. The number of hydrogen-bond acceptors (Lipinski definition) is 6. The van der Waals surface area contributed by atoms with Gasteiger partial charge in [-0.2, -0.15) is 5.26 Å². The average molecular weight is 444 g/mol. The van der Waals surface area contributed by atoms with Gasteiger partial charge in [-0.05, 0) is 42.2 Å². The first kappa shape index (κ1) is 22.1. The van der Waals surface area contributed by atoms with Crippen molar-refractivity contribution in [2.45, 2.75) is 25.7 Å². The molecule has 1 aromatic carbocycles. The number of benzene rings is 1. The molecule has 168 valence electrons. The molecule has 33 heavy (non-hydrogen) atoms. The van der Waals surface area contributed by atoms with E-state index in [4.69, 9.17) is 5.26 Å². The Balaban J connectivity index is 1.44. The number of carbonyl (C=O) groups excluding carboxylic acids is 2. The van der Waals surface area contributed by atoms with E-state index in [-0.39, 0.29) is 29.3 Å². The van der Waals surface area contributed by atoms with E-state index in [0.29, 0.717) is 30.8 Å². The first-order valence-electron chi connectivity index (χ1n) is 10.8. The Bertz CT molecular complexity index is 1210. The van der Waals surface area contributed by atoms with Crippen molar-refractivity contribution < 1.29 is 9.59 Å². The largest absolute Gasteiger partial charge is 0.337 e. The maximum Gasteiger partial charge on any atom is 0.274 e. The zero-order valence-corrected chi connectivity index (χ0v) is 18.6. The smallest absolute Gasteiger partial charge is 0.274 e. The number of nitriles is 1. The lowest BCUT2D eigenvalue weighted by Crippen LogP contribution is -2.29. The van der Waals surface area contributed by atoms with Crippen LogP contribution in [0.1, 0.15) is 51.5 Å². The quantitative estimate of drug-likeness (QED) is 0.626. The summed E-state index contributed by atoms with van der Waals surface area (Å²) in [6.07, 6.45) is 4.53. The number of nitrogens with one attached hydrogen (secondary N) is 1. The summed E-state index contributed by atoms with van der Waals surface area (Å²) in [4.78, 5) is 31.4. The Hall–Kier alpha value is -4.06. The van der Waals surface area contributed by atoms with Gasteiger partial charge in [0.05, 0.1) is 12.0 Å². The zero-order chi connectivity index (χ0) is 23.4. The van der Waals surface area contributed by atoms with Crippen LogP contribution in [-0.2, 0) is 13.5 Å². The number of anilines is 1. The number of amides is 2. The lowest BCUT2D eigenvalue weighted by atomic mass is 9.97. The summed E-state index contributed by atoms with van der Waals surface area (Å²) < 4.78 is 1.89. The number of aromatic nitrogens is 4. The van der Waals surface area contributed by atoms with E-state index < -0.39 is 0 Å². The predicted octanol–water partition coefficient (Wildman–Crippen LogP) is 2.79. The minimum absolute atomic E-state index is 0.137. The topological polar surface area (TPSA) is 117 Å². The third-order valence-corrected chi connectivity index (χ3v) is 5.91. The highest BCUT2D eigenvalue weighted by molar-refractivity contribution is 6.04. The van der Waals surface area contributed by atoms with E-state index in [9.17, 15) is 9.59 Å². The van der Waals surface area contributed by atoms with Crippen LogP contribution in [0.25, 0.3) is 0 Å². The van der Waals surface area contributed by atoms with Gasteiger partial charge in [0.2, 0.25) is 0 Å². The summed E-state index contributed by atoms with van der Waals surface area (Å²) in [5.41, 5.74) is 2.26. The molecule has 2 atom stereocenters. The summed E-state index contributed by atoms with van der Waals surface area (Å²) >= 11 is 0. The van der Waals surface area contributed by atoms with E-state index in [1.54, 1.807) is 17.3 Å². The van der Waals surface area contributed by atoms with Gasteiger partial charge >= 0.3 is 0 Å². The molecule has 2 aromatic heterocycles. The molecular weight excluding hydrogens is 418 g/mol. The van der Waals surface area contributed by atoms with E-state index in [2.05, 4.69) is 33.5 Å². The summed E-state index contributed by atoms with van der Waals surface area (Å²) in [5, 5.41) is 20.0. The van der Waals surface area contributed by atoms with Crippen LogP contribution in [0.3, 0.4) is 0 Å². The second kappa shape index (κ2) is 9.61. The van der Waals surface area contributed by atoms with Gasteiger partial charge in [0.15, 0.2) is 0 Å². The fourth-order valence-corrected chi connectivity index (χ4v) is 3.92. The molecule has 1 N–H and O–H groups in total. The number of likely N-dealkylation sites (tertiary alicyclic amines) is 1. The fourth-order valence-electron chi connectivity index (χ4n) is 3.92. The van der Waals surface area contributed by atoms with Gasteiger partial charge in [0.1, 0.15) is 17.8 Å². The summed E-state index contributed by atoms with van der Waals surface area (Å²) in [5.74, 6) is 0.355. The number of nitrogens with zero attached hydrogens (tertiary/aromatic N) is 6. The van der Waals surface area contributed by atoms with Gasteiger partial charge < -0.3 is 14.8 Å². The van der Waals surface area contributed by atoms with Crippen molar-refractivity contribution in [1.82, 2.24) is 24.6 Å². The molecule has 1 fully saturated rings. The molecule has 2 amide bonds. The summed E-state index contributed by atoms with van der Waals surface area (Å²) in [6, 6.07) is 12.9. The molecule has 1 aliphatic rings. The van der Waals surface area contributed by atoms with Crippen LogP contribution in [0, 0.1) is 17.2 Å². The molecule has 9 heteroatoms. The first-order chi connectivity index (χ1) is 15.9. The van der Waals surface area contributed by atoms with Gasteiger partial charge in [0, 0.05) is 44.0 Å². The lowest BCUT2D eigenvalue weighted by Gasteiger charge is -2.16. The van der Waals surface area contributed by atoms with E-state index in [0.717, 1.165) is 17.8 Å². The Labute approximate surface area is 192 Å². The van der Waals surface area contributed by atoms with E-state index in [1.165, 1.54) is 12.3 Å². The van der Waals surface area contributed by atoms with Crippen LogP contribution in [-0.4, -0.2) is 49.6 Å². The van der Waals surface area contributed by atoms with Crippen molar-refractivity contribution in [3.05, 3.63) is 71.6 Å². The molecule has 3 aromatic rings. The van der Waals surface area contributed by atoms with E-state index >= 15 is 0 Å². The highest BCUT2D eigenvalue weighted by Crippen LogP contribution is 2.23. The average Bonchev–Trinajstić information content (AvgIpc) is 3.48. The van der Waals surface area contributed by atoms with Gasteiger partial charge in [-0.25, -0.2) is 0 Å². The third-order valence-electron chi connectivity index (χ3n) is 5.91. The van der Waals surface area contributed by atoms with Crippen molar-refractivity contribution in [2.24, 2.45) is 13.0 Å². The monoisotopic (exact) mass is 443 g/mol. The molecule has 1 aliphatic heterocycles. The summed E-state index contributed by atoms with van der Waals surface area (Å²) in [6.45, 7) is 3.06. The second-order valence-corrected chi connectivity index (χ2v) is 8.34. The number of hydrogen-bond donors (Lipinski definition) is 1. The van der Waals surface area contributed by atoms with Crippen molar-refractivity contribution in [3.8, 4) is 6.07 Å².